The van der Waals surface area contributed by atoms with Crippen molar-refractivity contribution in [3.63, 3.8) is 0 Å². The van der Waals surface area contributed by atoms with Crippen molar-refractivity contribution in [3.8, 4) is 5.75 Å². The molecule has 0 atom stereocenters. The van der Waals surface area contributed by atoms with Crippen LogP contribution < -0.4 is 10.5 Å². The van der Waals surface area contributed by atoms with Crippen molar-refractivity contribution in [2.75, 3.05) is 19.7 Å². The maximum absolute atomic E-state index is 12.6. The molecule has 1 saturated heterocycles. The Morgan fingerprint density at radius 3 is 2.12 bits per heavy atom. The zero-order valence-electron chi connectivity index (χ0n) is 14.8. The van der Waals surface area contributed by atoms with Crippen molar-refractivity contribution in [1.82, 2.24) is 4.90 Å². The minimum atomic E-state index is -0.329. The van der Waals surface area contributed by atoms with Gasteiger partial charge in [0.1, 0.15) is 5.75 Å². The van der Waals surface area contributed by atoms with Gasteiger partial charge in [0, 0.05) is 30.5 Å². The number of nitrogens with two attached hydrogens (primary N) is 1. The normalized spacial score (nSPS) is 16.1. The molecule has 2 N–H and O–H groups in total. The van der Waals surface area contributed by atoms with Gasteiger partial charge < -0.3 is 15.4 Å². The summed E-state index contributed by atoms with van der Waals surface area (Å²) in [6, 6.07) is 18.8. The number of amides is 2. The highest BCUT2D eigenvalue weighted by Crippen LogP contribution is 2.36. The monoisotopic (exact) mass is 352 g/mol. The Morgan fingerprint density at radius 1 is 0.962 bits per heavy atom. The summed E-state index contributed by atoms with van der Waals surface area (Å²) in [5.74, 6) is 0.478. The maximum Gasteiger partial charge on any atom is 0.253 e. The highest BCUT2D eigenvalue weighted by Gasteiger charge is 2.38. The third-order valence-corrected chi connectivity index (χ3v) is 4.97. The molecule has 26 heavy (non-hydrogen) atoms. The number of ether oxygens (including phenoxy) is 1. The van der Waals surface area contributed by atoms with E-state index in [1.807, 2.05) is 65.6 Å². The fourth-order valence-corrected chi connectivity index (χ4v) is 3.44. The second kappa shape index (κ2) is 8.04. The Morgan fingerprint density at radius 2 is 1.54 bits per heavy atom. The van der Waals surface area contributed by atoms with Crippen LogP contribution >= 0.6 is 0 Å². The number of carbonyl (C=O) groups is 2. The first kappa shape index (κ1) is 18.0. The molecule has 0 saturated carbocycles. The van der Waals surface area contributed by atoms with Gasteiger partial charge >= 0.3 is 0 Å². The van der Waals surface area contributed by atoms with E-state index in [4.69, 9.17) is 10.5 Å². The molecule has 0 radical (unpaired) electrons. The summed E-state index contributed by atoms with van der Waals surface area (Å²) in [4.78, 5) is 26.1. The van der Waals surface area contributed by atoms with Crippen LogP contribution in [0.2, 0.25) is 0 Å². The van der Waals surface area contributed by atoms with Gasteiger partial charge in [-0.05, 0) is 37.1 Å². The van der Waals surface area contributed by atoms with Crippen LogP contribution in [0.5, 0.6) is 5.75 Å². The van der Waals surface area contributed by atoms with Gasteiger partial charge in [0.15, 0.2) is 0 Å². The molecule has 5 nitrogen and oxygen atoms in total. The quantitative estimate of drug-likeness (QED) is 0.869. The fourth-order valence-electron chi connectivity index (χ4n) is 3.44. The first-order chi connectivity index (χ1) is 12.6. The zero-order chi connectivity index (χ0) is 18.4. The topological polar surface area (TPSA) is 72.6 Å². The molecule has 1 fully saturated rings. The second-order valence-corrected chi connectivity index (χ2v) is 6.90. The lowest BCUT2D eigenvalue weighted by Gasteiger charge is -2.41. The van der Waals surface area contributed by atoms with E-state index in [-0.39, 0.29) is 23.7 Å². The van der Waals surface area contributed by atoms with Crippen LogP contribution in [0.3, 0.4) is 0 Å². The van der Waals surface area contributed by atoms with Crippen molar-refractivity contribution < 1.29 is 14.3 Å². The van der Waals surface area contributed by atoms with Gasteiger partial charge in [0.2, 0.25) is 5.91 Å². The van der Waals surface area contributed by atoms with Crippen LogP contribution in [-0.2, 0) is 4.79 Å². The Bertz CT molecular complexity index is 738. The molecule has 136 valence electrons. The zero-order valence-corrected chi connectivity index (χ0v) is 14.8. The van der Waals surface area contributed by atoms with Gasteiger partial charge in [-0.1, -0.05) is 36.4 Å². The van der Waals surface area contributed by atoms with E-state index in [9.17, 15) is 9.59 Å². The Balaban J connectivity index is 1.65. The SMILES string of the molecule is NC(=O)CC1(COc2ccccc2)CCN(C(=O)c2ccccc2)CC1. The lowest BCUT2D eigenvalue weighted by Crippen LogP contribution is -2.47. The summed E-state index contributed by atoms with van der Waals surface area (Å²) in [5, 5.41) is 0. The number of benzene rings is 2. The maximum atomic E-state index is 12.6. The summed E-state index contributed by atoms with van der Waals surface area (Å²) in [5.41, 5.74) is 5.85. The van der Waals surface area contributed by atoms with E-state index in [0.29, 0.717) is 38.1 Å². The third-order valence-electron chi connectivity index (χ3n) is 4.97. The van der Waals surface area contributed by atoms with Gasteiger partial charge in [-0.15, -0.1) is 0 Å². The van der Waals surface area contributed by atoms with Crippen LogP contribution in [0, 0.1) is 5.41 Å². The molecule has 5 heteroatoms. The summed E-state index contributed by atoms with van der Waals surface area (Å²) in [6.07, 6.45) is 1.66. The fraction of sp³-hybridized carbons (Fsp3) is 0.333. The van der Waals surface area contributed by atoms with E-state index in [1.165, 1.54) is 0 Å². The lowest BCUT2D eigenvalue weighted by atomic mass is 9.76. The smallest absolute Gasteiger partial charge is 0.253 e. The predicted octanol–water partition coefficient (Wildman–Crippen LogP) is 2.86. The van der Waals surface area contributed by atoms with Gasteiger partial charge in [-0.3, -0.25) is 9.59 Å². The first-order valence-electron chi connectivity index (χ1n) is 8.88. The van der Waals surface area contributed by atoms with E-state index >= 15 is 0 Å². The molecular formula is C21H24N2O3. The molecule has 2 amide bonds. The minimum absolute atomic E-state index is 0.0299. The Kier molecular flexibility index (Phi) is 5.56. The number of hydrogen-bond acceptors (Lipinski definition) is 3. The number of likely N-dealkylation sites (tertiary alicyclic amines) is 1. The second-order valence-electron chi connectivity index (χ2n) is 6.90. The summed E-state index contributed by atoms with van der Waals surface area (Å²) < 4.78 is 5.92. The standard InChI is InChI=1S/C21H24N2O3/c22-19(24)15-21(16-26-18-9-5-2-6-10-18)11-13-23(14-12-21)20(25)17-7-3-1-4-8-17/h1-10H,11-16H2,(H2,22,24). The van der Waals surface area contributed by atoms with Crippen molar-refractivity contribution in [1.29, 1.82) is 0 Å². The van der Waals surface area contributed by atoms with Crippen molar-refractivity contribution in [2.45, 2.75) is 19.3 Å². The van der Waals surface area contributed by atoms with E-state index < -0.39 is 0 Å². The van der Waals surface area contributed by atoms with Gasteiger partial charge in [-0.2, -0.15) is 0 Å². The molecule has 0 unspecified atom stereocenters. The molecule has 3 rings (SSSR count). The summed E-state index contributed by atoms with van der Waals surface area (Å²) in [7, 11) is 0. The molecule has 2 aromatic rings. The van der Waals surface area contributed by atoms with Crippen molar-refractivity contribution >= 4 is 11.8 Å². The molecule has 2 aromatic carbocycles. The number of para-hydroxylation sites is 1. The number of piperidine rings is 1. The Hall–Kier alpha value is -2.82. The molecular weight excluding hydrogens is 328 g/mol. The van der Waals surface area contributed by atoms with Crippen molar-refractivity contribution in [3.05, 3.63) is 66.2 Å². The van der Waals surface area contributed by atoms with E-state index in [0.717, 1.165) is 5.75 Å². The first-order valence-corrected chi connectivity index (χ1v) is 8.88. The average Bonchev–Trinajstić information content (AvgIpc) is 2.68. The highest BCUT2D eigenvalue weighted by atomic mass is 16.5. The summed E-state index contributed by atoms with van der Waals surface area (Å²) in [6.45, 7) is 1.62. The van der Waals surface area contributed by atoms with Crippen molar-refractivity contribution in [2.24, 2.45) is 11.1 Å². The molecule has 0 bridgehead atoms. The highest BCUT2D eigenvalue weighted by molar-refractivity contribution is 5.94. The van der Waals surface area contributed by atoms with Crippen LogP contribution in [-0.4, -0.2) is 36.4 Å². The minimum Gasteiger partial charge on any atom is -0.493 e. The van der Waals surface area contributed by atoms with Gasteiger partial charge in [-0.25, -0.2) is 0 Å². The molecule has 1 aliphatic rings. The van der Waals surface area contributed by atoms with Crippen LogP contribution in [0.25, 0.3) is 0 Å². The molecule has 0 aliphatic carbocycles. The number of carbonyl (C=O) groups excluding carboxylic acids is 2. The summed E-state index contributed by atoms with van der Waals surface area (Å²) >= 11 is 0. The number of primary amides is 1. The largest absolute Gasteiger partial charge is 0.493 e. The number of nitrogens with zero attached hydrogens (tertiary/aromatic N) is 1. The Labute approximate surface area is 153 Å². The number of rotatable bonds is 6. The molecule has 1 heterocycles. The van der Waals surface area contributed by atoms with Crippen LogP contribution in [0.4, 0.5) is 0 Å². The van der Waals surface area contributed by atoms with Gasteiger partial charge in [0.05, 0.1) is 6.61 Å². The van der Waals surface area contributed by atoms with Crippen LogP contribution in [0.1, 0.15) is 29.6 Å². The van der Waals surface area contributed by atoms with E-state index in [2.05, 4.69) is 0 Å². The lowest BCUT2D eigenvalue weighted by molar-refractivity contribution is -0.121. The van der Waals surface area contributed by atoms with Crippen LogP contribution in [0.15, 0.2) is 60.7 Å². The third kappa shape index (κ3) is 4.42. The van der Waals surface area contributed by atoms with Gasteiger partial charge in [0.25, 0.3) is 5.91 Å². The number of hydrogen-bond donors (Lipinski definition) is 1. The molecule has 1 aliphatic heterocycles. The molecule has 0 spiro atoms. The molecule has 0 aromatic heterocycles. The average molecular weight is 352 g/mol. The van der Waals surface area contributed by atoms with E-state index in [1.54, 1.807) is 0 Å². The predicted molar refractivity (Wildman–Crippen MR) is 99.8 cm³/mol.